The summed E-state index contributed by atoms with van der Waals surface area (Å²) in [5.41, 5.74) is 0. The molecule has 0 aromatic carbocycles. The lowest BCUT2D eigenvalue weighted by molar-refractivity contribution is -0.133. The standard InChI is InChI=1S/C11H16N6O2S/c1-7(2)17-10(8(3)16-6-12-5-13-16)14-15-11(17)20-4-9(18)19/h5-8H,4H2,1-3H3,(H,18,19). The average molecular weight is 296 g/mol. The van der Waals surface area contributed by atoms with Gasteiger partial charge in [0.25, 0.3) is 0 Å². The highest BCUT2D eigenvalue weighted by Crippen LogP contribution is 2.25. The Kier molecular flexibility index (Phi) is 4.38. The van der Waals surface area contributed by atoms with Crippen molar-refractivity contribution < 1.29 is 9.90 Å². The van der Waals surface area contributed by atoms with Gasteiger partial charge in [0, 0.05) is 6.04 Å². The first-order valence-electron chi connectivity index (χ1n) is 6.14. The first kappa shape index (κ1) is 14.5. The minimum absolute atomic E-state index is 0.0391. The highest BCUT2D eigenvalue weighted by molar-refractivity contribution is 7.99. The van der Waals surface area contributed by atoms with Crippen molar-refractivity contribution in [3.05, 3.63) is 18.5 Å². The largest absolute Gasteiger partial charge is 0.481 e. The van der Waals surface area contributed by atoms with Crippen molar-refractivity contribution >= 4 is 17.7 Å². The molecule has 0 aliphatic carbocycles. The van der Waals surface area contributed by atoms with Crippen LogP contribution in [0.3, 0.4) is 0 Å². The van der Waals surface area contributed by atoms with Crippen LogP contribution in [-0.2, 0) is 4.79 Å². The normalized spacial score (nSPS) is 12.8. The third-order valence-corrected chi connectivity index (χ3v) is 3.67. The molecule has 8 nitrogen and oxygen atoms in total. The van der Waals surface area contributed by atoms with Crippen molar-refractivity contribution in [1.29, 1.82) is 0 Å². The summed E-state index contributed by atoms with van der Waals surface area (Å²) < 4.78 is 3.62. The van der Waals surface area contributed by atoms with Crippen LogP contribution in [-0.4, -0.2) is 46.4 Å². The molecule has 9 heteroatoms. The van der Waals surface area contributed by atoms with Crippen LogP contribution < -0.4 is 0 Å². The summed E-state index contributed by atoms with van der Waals surface area (Å²) in [5.74, 6) is -0.180. The Labute approximate surface area is 120 Å². The number of hydrogen-bond donors (Lipinski definition) is 1. The molecule has 108 valence electrons. The van der Waals surface area contributed by atoms with E-state index < -0.39 is 5.97 Å². The van der Waals surface area contributed by atoms with Crippen LogP contribution in [0.1, 0.15) is 38.7 Å². The topological polar surface area (TPSA) is 98.7 Å². The van der Waals surface area contributed by atoms with E-state index in [1.807, 2.05) is 25.3 Å². The molecule has 0 fully saturated rings. The van der Waals surface area contributed by atoms with Crippen molar-refractivity contribution in [3.8, 4) is 0 Å². The fraction of sp³-hybridized carbons (Fsp3) is 0.545. The molecule has 0 aliphatic rings. The lowest BCUT2D eigenvalue weighted by atomic mass is 10.3. The van der Waals surface area contributed by atoms with E-state index in [9.17, 15) is 4.79 Å². The molecule has 0 aliphatic heterocycles. The molecule has 0 saturated carbocycles. The number of carbonyl (C=O) groups is 1. The van der Waals surface area contributed by atoms with E-state index >= 15 is 0 Å². The van der Waals surface area contributed by atoms with Crippen molar-refractivity contribution in [2.75, 3.05) is 5.75 Å². The highest BCUT2D eigenvalue weighted by atomic mass is 32.2. The molecular formula is C11H16N6O2S. The SMILES string of the molecule is CC(c1nnc(SCC(=O)O)n1C(C)C)n1cncn1. The zero-order valence-electron chi connectivity index (χ0n) is 11.5. The summed E-state index contributed by atoms with van der Waals surface area (Å²) in [6, 6.07) is 0.00819. The van der Waals surface area contributed by atoms with E-state index in [0.717, 1.165) is 17.6 Å². The molecule has 0 bridgehead atoms. The zero-order chi connectivity index (χ0) is 14.7. The van der Waals surface area contributed by atoms with Crippen LogP contribution in [0.25, 0.3) is 0 Å². The zero-order valence-corrected chi connectivity index (χ0v) is 12.3. The predicted molar refractivity (Wildman–Crippen MR) is 72.6 cm³/mol. The maximum absolute atomic E-state index is 10.7. The smallest absolute Gasteiger partial charge is 0.313 e. The van der Waals surface area contributed by atoms with Gasteiger partial charge in [0.1, 0.15) is 18.7 Å². The fourth-order valence-corrected chi connectivity index (χ4v) is 2.61. The second kappa shape index (κ2) is 6.04. The number of rotatable bonds is 6. The lowest BCUT2D eigenvalue weighted by Gasteiger charge is -2.17. The molecule has 2 aromatic heterocycles. The summed E-state index contributed by atoms with van der Waals surface area (Å²) >= 11 is 1.16. The van der Waals surface area contributed by atoms with E-state index in [2.05, 4.69) is 20.3 Å². The maximum Gasteiger partial charge on any atom is 0.313 e. The maximum atomic E-state index is 10.7. The van der Waals surface area contributed by atoms with Crippen molar-refractivity contribution in [3.63, 3.8) is 0 Å². The van der Waals surface area contributed by atoms with Gasteiger partial charge in [-0.3, -0.25) is 4.79 Å². The van der Waals surface area contributed by atoms with E-state index in [0.29, 0.717) is 5.16 Å². The summed E-state index contributed by atoms with van der Waals surface area (Å²) in [7, 11) is 0. The molecule has 2 rings (SSSR count). The quantitative estimate of drug-likeness (QED) is 0.800. The Bertz CT molecular complexity index is 580. The number of carboxylic acids is 1. The highest BCUT2D eigenvalue weighted by Gasteiger charge is 2.22. The summed E-state index contributed by atoms with van der Waals surface area (Å²) in [4.78, 5) is 14.6. The Morgan fingerprint density at radius 2 is 2.15 bits per heavy atom. The van der Waals surface area contributed by atoms with Crippen molar-refractivity contribution in [1.82, 2.24) is 29.5 Å². The van der Waals surface area contributed by atoms with E-state index in [-0.39, 0.29) is 17.8 Å². The molecule has 0 radical (unpaired) electrons. The van der Waals surface area contributed by atoms with E-state index in [1.165, 1.54) is 6.33 Å². The van der Waals surface area contributed by atoms with Crippen molar-refractivity contribution in [2.45, 2.75) is 38.0 Å². The van der Waals surface area contributed by atoms with Gasteiger partial charge in [0.05, 0.1) is 5.75 Å². The van der Waals surface area contributed by atoms with Gasteiger partial charge in [-0.05, 0) is 20.8 Å². The molecule has 2 aromatic rings. The Hall–Kier alpha value is -1.90. The van der Waals surface area contributed by atoms with E-state index in [1.54, 1.807) is 11.0 Å². The first-order chi connectivity index (χ1) is 9.50. The number of hydrogen-bond acceptors (Lipinski definition) is 6. The van der Waals surface area contributed by atoms with Crippen LogP contribution in [0.2, 0.25) is 0 Å². The molecule has 0 saturated heterocycles. The molecule has 0 amide bonds. The van der Waals surface area contributed by atoms with Gasteiger partial charge in [-0.2, -0.15) is 5.10 Å². The average Bonchev–Trinajstić information content (AvgIpc) is 3.04. The minimum Gasteiger partial charge on any atom is -0.481 e. The van der Waals surface area contributed by atoms with Crippen LogP contribution in [0.15, 0.2) is 17.8 Å². The Balaban J connectivity index is 2.31. The fourth-order valence-electron chi connectivity index (χ4n) is 1.82. The van der Waals surface area contributed by atoms with Gasteiger partial charge < -0.3 is 9.67 Å². The second-order valence-corrected chi connectivity index (χ2v) is 5.48. The van der Waals surface area contributed by atoms with E-state index in [4.69, 9.17) is 5.11 Å². The summed E-state index contributed by atoms with van der Waals surface area (Å²) in [6.45, 7) is 5.96. The first-order valence-corrected chi connectivity index (χ1v) is 7.12. The van der Waals surface area contributed by atoms with Gasteiger partial charge in [-0.1, -0.05) is 11.8 Å². The molecule has 20 heavy (non-hydrogen) atoms. The monoisotopic (exact) mass is 296 g/mol. The Morgan fingerprint density at radius 1 is 1.40 bits per heavy atom. The number of carboxylic acid groups (broad SMARTS) is 1. The predicted octanol–water partition coefficient (Wildman–Crippen LogP) is 1.24. The van der Waals surface area contributed by atoms with Crippen LogP contribution in [0.5, 0.6) is 0 Å². The lowest BCUT2D eigenvalue weighted by Crippen LogP contribution is -2.16. The van der Waals surface area contributed by atoms with Crippen molar-refractivity contribution in [2.24, 2.45) is 0 Å². The molecule has 0 spiro atoms. The van der Waals surface area contributed by atoms with Crippen LogP contribution in [0, 0.1) is 0 Å². The summed E-state index contributed by atoms with van der Waals surface area (Å²) in [6.07, 6.45) is 3.08. The number of thioether (sulfide) groups is 1. The minimum atomic E-state index is -0.876. The van der Waals surface area contributed by atoms with Crippen LogP contribution >= 0.6 is 11.8 Å². The molecule has 1 unspecified atom stereocenters. The third kappa shape index (κ3) is 2.98. The molecule has 1 N–H and O–H groups in total. The van der Waals surface area contributed by atoms with Gasteiger partial charge in [-0.25, -0.2) is 9.67 Å². The molecule has 1 atom stereocenters. The van der Waals surface area contributed by atoms with Gasteiger partial charge >= 0.3 is 5.97 Å². The third-order valence-electron chi connectivity index (χ3n) is 2.74. The van der Waals surface area contributed by atoms with Gasteiger partial charge in [0.15, 0.2) is 11.0 Å². The molecule has 2 heterocycles. The second-order valence-electron chi connectivity index (χ2n) is 4.54. The molecular weight excluding hydrogens is 280 g/mol. The number of nitrogens with zero attached hydrogens (tertiary/aromatic N) is 6. The van der Waals surface area contributed by atoms with Crippen LogP contribution in [0.4, 0.5) is 0 Å². The van der Waals surface area contributed by atoms with Gasteiger partial charge in [-0.15, -0.1) is 10.2 Å². The number of aromatic nitrogens is 6. The van der Waals surface area contributed by atoms with Gasteiger partial charge in [0.2, 0.25) is 0 Å². The summed E-state index contributed by atoms with van der Waals surface area (Å²) in [5, 5.41) is 21.7. The Morgan fingerprint density at radius 3 is 2.70 bits per heavy atom. The number of aliphatic carboxylic acids is 1.